The normalized spacial score (nSPS) is 10.2. The van der Waals surface area contributed by atoms with Gasteiger partial charge in [0.2, 0.25) is 0 Å². The van der Waals surface area contributed by atoms with Gasteiger partial charge in [0.15, 0.2) is 11.6 Å². The van der Waals surface area contributed by atoms with Crippen LogP contribution in [0.4, 0.5) is 4.39 Å². The Kier molecular flexibility index (Phi) is 4.84. The van der Waals surface area contributed by atoms with Crippen LogP contribution in [-0.4, -0.2) is 23.2 Å². The standard InChI is InChI=1S/C15H14FNO4/c1-20-15(19)10-5-6-12(17-7-10)9-21-14-11(8-18)3-2-4-13(14)16/h2-7,18H,8-9H2,1H3. The van der Waals surface area contributed by atoms with Gasteiger partial charge in [-0.25, -0.2) is 9.18 Å². The van der Waals surface area contributed by atoms with Gasteiger partial charge in [0.25, 0.3) is 0 Å². The van der Waals surface area contributed by atoms with Crippen LogP contribution >= 0.6 is 0 Å². The van der Waals surface area contributed by atoms with Crippen molar-refractivity contribution in [3.05, 3.63) is 59.2 Å². The second-order valence-electron chi connectivity index (χ2n) is 4.20. The van der Waals surface area contributed by atoms with E-state index in [2.05, 4.69) is 9.72 Å². The van der Waals surface area contributed by atoms with Crippen molar-refractivity contribution in [1.82, 2.24) is 4.98 Å². The third kappa shape index (κ3) is 3.55. The van der Waals surface area contributed by atoms with Crippen molar-refractivity contribution < 1.29 is 23.8 Å². The molecule has 0 radical (unpaired) electrons. The summed E-state index contributed by atoms with van der Waals surface area (Å²) in [4.78, 5) is 15.3. The molecule has 0 saturated heterocycles. The second kappa shape index (κ2) is 6.81. The van der Waals surface area contributed by atoms with Crippen LogP contribution in [-0.2, 0) is 18.0 Å². The molecule has 0 aliphatic rings. The number of rotatable bonds is 5. The van der Waals surface area contributed by atoms with Crippen LogP contribution in [0.3, 0.4) is 0 Å². The van der Waals surface area contributed by atoms with Gasteiger partial charge in [-0.15, -0.1) is 0 Å². The molecule has 1 N–H and O–H groups in total. The Bertz CT molecular complexity index is 628. The molecular weight excluding hydrogens is 277 g/mol. The topological polar surface area (TPSA) is 68.7 Å². The average molecular weight is 291 g/mol. The van der Waals surface area contributed by atoms with Crippen molar-refractivity contribution in [2.45, 2.75) is 13.2 Å². The van der Waals surface area contributed by atoms with E-state index < -0.39 is 11.8 Å². The zero-order valence-corrected chi connectivity index (χ0v) is 11.4. The number of pyridine rings is 1. The van der Waals surface area contributed by atoms with Gasteiger partial charge in [0.05, 0.1) is 25.0 Å². The van der Waals surface area contributed by atoms with Crippen molar-refractivity contribution in [3.63, 3.8) is 0 Å². The van der Waals surface area contributed by atoms with Crippen LogP contribution in [0.1, 0.15) is 21.6 Å². The van der Waals surface area contributed by atoms with Gasteiger partial charge >= 0.3 is 5.97 Å². The van der Waals surface area contributed by atoms with Crippen molar-refractivity contribution in [1.29, 1.82) is 0 Å². The summed E-state index contributed by atoms with van der Waals surface area (Å²) in [5, 5.41) is 9.15. The van der Waals surface area contributed by atoms with E-state index in [0.717, 1.165) is 0 Å². The van der Waals surface area contributed by atoms with Crippen LogP contribution in [0.25, 0.3) is 0 Å². The summed E-state index contributed by atoms with van der Waals surface area (Å²) in [6.07, 6.45) is 1.36. The number of ether oxygens (including phenoxy) is 2. The first-order chi connectivity index (χ1) is 10.2. The summed E-state index contributed by atoms with van der Waals surface area (Å²) < 4.78 is 23.6. The van der Waals surface area contributed by atoms with Crippen molar-refractivity contribution in [2.75, 3.05) is 7.11 Å². The summed E-state index contributed by atoms with van der Waals surface area (Å²) in [7, 11) is 1.29. The largest absolute Gasteiger partial charge is 0.484 e. The number of benzene rings is 1. The lowest BCUT2D eigenvalue weighted by Crippen LogP contribution is -2.05. The van der Waals surface area contributed by atoms with Gasteiger partial charge in [-0.1, -0.05) is 12.1 Å². The second-order valence-corrected chi connectivity index (χ2v) is 4.20. The van der Waals surface area contributed by atoms with Crippen molar-refractivity contribution in [2.24, 2.45) is 0 Å². The first-order valence-electron chi connectivity index (χ1n) is 6.20. The van der Waals surface area contributed by atoms with Crippen LogP contribution < -0.4 is 4.74 Å². The predicted octanol–water partition coefficient (Wildman–Crippen LogP) is 2.08. The number of para-hydroxylation sites is 1. The van der Waals surface area contributed by atoms with E-state index in [0.29, 0.717) is 16.8 Å². The maximum Gasteiger partial charge on any atom is 0.339 e. The Labute approximate surface area is 121 Å². The van der Waals surface area contributed by atoms with Crippen LogP contribution in [0.15, 0.2) is 36.5 Å². The molecule has 0 bridgehead atoms. The van der Waals surface area contributed by atoms with E-state index in [-0.39, 0.29) is 19.0 Å². The monoisotopic (exact) mass is 291 g/mol. The molecule has 0 unspecified atom stereocenters. The lowest BCUT2D eigenvalue weighted by atomic mass is 10.2. The Morgan fingerprint density at radius 1 is 1.33 bits per heavy atom. The zero-order chi connectivity index (χ0) is 15.2. The Hall–Kier alpha value is -2.47. The van der Waals surface area contributed by atoms with E-state index in [1.165, 1.54) is 25.4 Å². The molecule has 1 heterocycles. The molecule has 0 fully saturated rings. The van der Waals surface area contributed by atoms with Crippen LogP contribution in [0, 0.1) is 5.82 Å². The van der Waals surface area contributed by atoms with Gasteiger partial charge in [0, 0.05) is 11.8 Å². The molecule has 0 aliphatic carbocycles. The molecule has 6 heteroatoms. The highest BCUT2D eigenvalue weighted by molar-refractivity contribution is 5.88. The molecule has 110 valence electrons. The number of halogens is 1. The molecule has 5 nitrogen and oxygen atoms in total. The summed E-state index contributed by atoms with van der Waals surface area (Å²) in [5.41, 5.74) is 1.21. The van der Waals surface area contributed by atoms with Gasteiger partial charge in [-0.3, -0.25) is 4.98 Å². The quantitative estimate of drug-likeness (QED) is 0.854. The Morgan fingerprint density at radius 2 is 2.14 bits per heavy atom. The van der Waals surface area contributed by atoms with Crippen LogP contribution in [0.2, 0.25) is 0 Å². The number of carbonyl (C=O) groups is 1. The molecule has 0 amide bonds. The molecular formula is C15H14FNO4. The molecule has 0 spiro atoms. The highest BCUT2D eigenvalue weighted by atomic mass is 19.1. The fraction of sp³-hybridized carbons (Fsp3) is 0.200. The molecule has 0 aliphatic heterocycles. The lowest BCUT2D eigenvalue weighted by molar-refractivity contribution is 0.0600. The van der Waals surface area contributed by atoms with E-state index in [1.807, 2.05) is 0 Å². The molecule has 21 heavy (non-hydrogen) atoms. The summed E-state index contributed by atoms with van der Waals surface area (Å²) in [6, 6.07) is 7.46. The number of aliphatic hydroxyl groups is 1. The number of hydrogen-bond acceptors (Lipinski definition) is 5. The summed E-state index contributed by atoms with van der Waals surface area (Å²) in [5.74, 6) is -1.03. The summed E-state index contributed by atoms with van der Waals surface area (Å²) in [6.45, 7) is -0.294. The molecule has 2 rings (SSSR count). The predicted molar refractivity (Wildman–Crippen MR) is 72.2 cm³/mol. The Morgan fingerprint density at radius 3 is 2.76 bits per heavy atom. The lowest BCUT2D eigenvalue weighted by Gasteiger charge is -2.10. The zero-order valence-electron chi connectivity index (χ0n) is 11.4. The SMILES string of the molecule is COC(=O)c1ccc(COc2c(F)cccc2CO)nc1. The van der Waals surface area contributed by atoms with E-state index in [1.54, 1.807) is 18.2 Å². The minimum absolute atomic E-state index is 0.00107. The van der Waals surface area contributed by atoms with Crippen LogP contribution in [0.5, 0.6) is 5.75 Å². The number of aliphatic hydroxyl groups excluding tert-OH is 1. The first-order valence-corrected chi connectivity index (χ1v) is 6.20. The van der Waals surface area contributed by atoms with Crippen molar-refractivity contribution >= 4 is 5.97 Å². The average Bonchev–Trinajstić information content (AvgIpc) is 2.53. The van der Waals surface area contributed by atoms with Gasteiger partial charge in [-0.2, -0.15) is 0 Å². The first kappa shape index (κ1) is 14.9. The van der Waals surface area contributed by atoms with Gasteiger partial charge in [-0.05, 0) is 18.2 Å². The molecule has 1 aromatic heterocycles. The number of methoxy groups -OCH3 is 1. The number of aromatic nitrogens is 1. The maximum atomic E-state index is 13.6. The fourth-order valence-corrected chi connectivity index (χ4v) is 1.73. The van der Waals surface area contributed by atoms with E-state index in [4.69, 9.17) is 9.84 Å². The number of carbonyl (C=O) groups excluding carboxylic acids is 1. The van der Waals surface area contributed by atoms with Gasteiger partial charge in [0.1, 0.15) is 6.61 Å². The van der Waals surface area contributed by atoms with Crippen molar-refractivity contribution in [3.8, 4) is 5.75 Å². The highest BCUT2D eigenvalue weighted by Crippen LogP contribution is 2.23. The smallest absolute Gasteiger partial charge is 0.339 e. The third-order valence-corrected chi connectivity index (χ3v) is 2.83. The maximum absolute atomic E-state index is 13.6. The summed E-state index contributed by atoms with van der Waals surface area (Å²) >= 11 is 0. The minimum Gasteiger partial charge on any atom is -0.484 e. The highest BCUT2D eigenvalue weighted by Gasteiger charge is 2.10. The molecule has 0 saturated carbocycles. The van der Waals surface area contributed by atoms with E-state index in [9.17, 15) is 9.18 Å². The van der Waals surface area contributed by atoms with E-state index >= 15 is 0 Å². The molecule has 1 aromatic carbocycles. The molecule has 0 atom stereocenters. The minimum atomic E-state index is -0.548. The Balaban J connectivity index is 2.08. The third-order valence-electron chi connectivity index (χ3n) is 2.83. The number of hydrogen-bond donors (Lipinski definition) is 1. The van der Waals surface area contributed by atoms with Gasteiger partial charge < -0.3 is 14.6 Å². The fourth-order valence-electron chi connectivity index (χ4n) is 1.73. The number of nitrogens with zero attached hydrogens (tertiary/aromatic N) is 1. The molecule has 2 aromatic rings. The number of esters is 1.